The van der Waals surface area contributed by atoms with Crippen LogP contribution < -0.4 is 5.30 Å². The van der Waals surface area contributed by atoms with E-state index >= 15 is 0 Å². The molecule has 10 heteroatoms. The molecule has 0 heterocycles. The summed E-state index contributed by atoms with van der Waals surface area (Å²) in [6.45, 7) is 3.60. The molecule has 0 spiro atoms. The molecule has 2 aromatic rings. The molecule has 0 aromatic heterocycles. The van der Waals surface area contributed by atoms with Gasteiger partial charge in [0, 0.05) is 10.9 Å². The molecule has 0 amide bonds. The zero-order valence-electron chi connectivity index (χ0n) is 18.2. The van der Waals surface area contributed by atoms with Crippen LogP contribution in [0, 0.1) is 52.4 Å². The predicted molar refractivity (Wildman–Crippen MR) is 111 cm³/mol. The van der Waals surface area contributed by atoms with Crippen molar-refractivity contribution in [3.05, 3.63) is 52.4 Å². The van der Waals surface area contributed by atoms with Crippen LogP contribution in [0.15, 0.2) is 0 Å². The van der Waals surface area contributed by atoms with Gasteiger partial charge in [-0.1, -0.05) is 60.3 Å². The van der Waals surface area contributed by atoms with E-state index in [1.54, 1.807) is 0 Å². The van der Waals surface area contributed by atoms with E-state index in [1.807, 2.05) is 0 Å². The second-order valence-corrected chi connectivity index (χ2v) is 10.2. The second kappa shape index (κ2) is 12.1. The van der Waals surface area contributed by atoms with Gasteiger partial charge in [0.25, 0.3) is 0 Å². The lowest BCUT2D eigenvalue weighted by Gasteiger charge is -2.23. The van der Waals surface area contributed by atoms with Crippen molar-refractivity contribution in [3.8, 4) is 11.1 Å². The molecule has 2 rings (SSSR count). The molecule has 0 saturated heterocycles. The highest BCUT2D eigenvalue weighted by atomic mass is 31.1. The van der Waals surface area contributed by atoms with Gasteiger partial charge in [-0.25, -0.2) is 39.5 Å². The minimum Gasteiger partial charge on any atom is -0.203 e. The van der Waals surface area contributed by atoms with Crippen LogP contribution in [0.1, 0.15) is 58.8 Å². The maximum atomic E-state index is 14.8. The third-order valence-corrected chi connectivity index (χ3v) is 8.10. The number of rotatable bonds is 11. The fourth-order valence-corrected chi connectivity index (χ4v) is 6.02. The largest absolute Gasteiger partial charge is 0.203 e. The normalized spacial score (nSPS) is 12.5. The van der Waals surface area contributed by atoms with Crippen LogP contribution in [0.5, 0.6) is 0 Å². The summed E-state index contributed by atoms with van der Waals surface area (Å²) in [5, 5.41) is -0.877. The molecule has 0 radical (unpaired) electrons. The van der Waals surface area contributed by atoms with Crippen molar-refractivity contribution in [3.63, 3.8) is 0 Å². The molecule has 0 saturated carbocycles. The van der Waals surface area contributed by atoms with E-state index in [0.717, 1.165) is 32.1 Å². The Kier molecular flexibility index (Phi) is 10.1. The lowest BCUT2D eigenvalue weighted by Crippen LogP contribution is -2.21. The van der Waals surface area contributed by atoms with Crippen LogP contribution >= 0.6 is 7.92 Å². The average molecular weight is 502 g/mol. The lowest BCUT2D eigenvalue weighted by molar-refractivity contribution is 0.379. The molecule has 0 bridgehead atoms. The smallest absolute Gasteiger partial charge is 0.200 e. The maximum Gasteiger partial charge on any atom is 0.200 e. The molecule has 0 aliphatic carbocycles. The van der Waals surface area contributed by atoms with E-state index in [-0.39, 0.29) is 12.3 Å². The summed E-state index contributed by atoms with van der Waals surface area (Å²) >= 11 is 0. The van der Waals surface area contributed by atoms with E-state index in [1.165, 1.54) is 6.92 Å². The number of benzene rings is 2. The Morgan fingerprint density at radius 1 is 0.455 bits per heavy atom. The van der Waals surface area contributed by atoms with Gasteiger partial charge in [0.2, 0.25) is 5.82 Å². The summed E-state index contributed by atoms with van der Waals surface area (Å²) in [7, 11) is -1.84. The Balaban J connectivity index is 2.57. The molecule has 0 N–H and O–H groups in total. The topological polar surface area (TPSA) is 0 Å². The standard InChI is InChI=1S/C23H24F9P/c1-3-5-6-7-8-9-10-11-33(4-2)23-13(16(26)19(29)21(31)22(23)32)12-14(24)17(27)20(30)18(28)15(12)25/h3-11H2,1-2H3. The van der Waals surface area contributed by atoms with Gasteiger partial charge in [0.15, 0.2) is 46.5 Å². The van der Waals surface area contributed by atoms with Crippen molar-refractivity contribution in [1.82, 2.24) is 0 Å². The molecule has 2 aromatic carbocycles. The Morgan fingerprint density at radius 2 is 0.848 bits per heavy atom. The molecular weight excluding hydrogens is 478 g/mol. The number of hydrogen-bond acceptors (Lipinski definition) is 0. The predicted octanol–water partition coefficient (Wildman–Crippen LogP) is 8.48. The monoisotopic (exact) mass is 502 g/mol. The highest BCUT2D eigenvalue weighted by Gasteiger charge is 2.35. The molecule has 0 nitrogen and oxygen atoms in total. The quantitative estimate of drug-likeness (QED) is 0.0951. The van der Waals surface area contributed by atoms with Crippen LogP contribution in [-0.2, 0) is 0 Å². The Labute approximate surface area is 187 Å². The van der Waals surface area contributed by atoms with Gasteiger partial charge < -0.3 is 0 Å². The van der Waals surface area contributed by atoms with Gasteiger partial charge >= 0.3 is 0 Å². The van der Waals surface area contributed by atoms with Crippen LogP contribution in [0.3, 0.4) is 0 Å². The molecule has 0 fully saturated rings. The first-order valence-corrected chi connectivity index (χ1v) is 12.4. The first-order chi connectivity index (χ1) is 15.6. The third kappa shape index (κ3) is 5.67. The Morgan fingerprint density at radius 3 is 1.33 bits per heavy atom. The van der Waals surface area contributed by atoms with Gasteiger partial charge in [-0.2, -0.15) is 0 Å². The summed E-state index contributed by atoms with van der Waals surface area (Å²) in [6, 6.07) is 0. The molecule has 33 heavy (non-hydrogen) atoms. The first kappa shape index (κ1) is 27.5. The van der Waals surface area contributed by atoms with Crippen molar-refractivity contribution in [2.45, 2.75) is 58.8 Å². The molecular formula is C23H24F9P. The number of halogens is 9. The molecule has 0 aliphatic heterocycles. The zero-order chi connectivity index (χ0) is 24.9. The van der Waals surface area contributed by atoms with Crippen LogP contribution in [0.2, 0.25) is 0 Å². The van der Waals surface area contributed by atoms with E-state index < -0.39 is 76.7 Å². The van der Waals surface area contributed by atoms with Crippen LogP contribution in [-0.4, -0.2) is 12.3 Å². The maximum absolute atomic E-state index is 14.8. The minimum absolute atomic E-state index is 0.0923. The third-order valence-electron chi connectivity index (χ3n) is 5.43. The van der Waals surface area contributed by atoms with Crippen LogP contribution in [0.4, 0.5) is 39.5 Å². The van der Waals surface area contributed by atoms with Gasteiger partial charge in [-0.3, -0.25) is 0 Å². The minimum atomic E-state index is -2.50. The summed E-state index contributed by atoms with van der Waals surface area (Å²) in [5.74, 6) is -20.9. The van der Waals surface area contributed by atoms with Gasteiger partial charge in [0.05, 0.1) is 5.56 Å². The van der Waals surface area contributed by atoms with Gasteiger partial charge in [-0.15, -0.1) is 0 Å². The molecule has 0 aliphatic rings. The van der Waals surface area contributed by atoms with E-state index in [2.05, 4.69) is 6.92 Å². The van der Waals surface area contributed by atoms with Gasteiger partial charge in [-0.05, 0) is 18.7 Å². The molecule has 1 unspecified atom stereocenters. The average Bonchev–Trinajstić information content (AvgIpc) is 2.81. The highest BCUT2D eigenvalue weighted by Crippen LogP contribution is 2.44. The Bertz CT molecular complexity index is 962. The van der Waals surface area contributed by atoms with E-state index in [4.69, 9.17) is 0 Å². The Hall–Kier alpha value is -1.76. The highest BCUT2D eigenvalue weighted by molar-refractivity contribution is 7.65. The van der Waals surface area contributed by atoms with Crippen molar-refractivity contribution in [2.24, 2.45) is 0 Å². The van der Waals surface area contributed by atoms with E-state index in [9.17, 15) is 39.5 Å². The second-order valence-electron chi connectivity index (χ2n) is 7.63. The van der Waals surface area contributed by atoms with Crippen LogP contribution in [0.25, 0.3) is 11.1 Å². The lowest BCUT2D eigenvalue weighted by atomic mass is 10.0. The first-order valence-electron chi connectivity index (χ1n) is 10.7. The van der Waals surface area contributed by atoms with Crippen molar-refractivity contribution < 1.29 is 39.5 Å². The SMILES string of the molecule is CCCCCCCCCP(CC)c1c(F)c(F)c(F)c(F)c1-c1c(F)c(F)c(F)c(F)c1F. The fraction of sp³-hybridized carbons (Fsp3) is 0.478. The fourth-order valence-electron chi connectivity index (χ4n) is 3.66. The van der Waals surface area contributed by atoms with Crippen molar-refractivity contribution in [1.29, 1.82) is 0 Å². The summed E-state index contributed by atoms with van der Waals surface area (Å²) in [4.78, 5) is 0. The molecule has 184 valence electrons. The number of unbranched alkanes of at least 4 members (excludes halogenated alkanes) is 6. The zero-order valence-corrected chi connectivity index (χ0v) is 19.1. The summed E-state index contributed by atoms with van der Waals surface area (Å²) in [5.41, 5.74) is -3.27. The van der Waals surface area contributed by atoms with Crippen molar-refractivity contribution >= 4 is 13.2 Å². The summed E-state index contributed by atoms with van der Waals surface area (Å²) < 4.78 is 127. The van der Waals surface area contributed by atoms with Crippen molar-refractivity contribution in [2.75, 3.05) is 12.3 Å². The molecule has 1 atom stereocenters. The number of hydrogen-bond donors (Lipinski definition) is 0. The van der Waals surface area contributed by atoms with E-state index in [0.29, 0.717) is 12.8 Å². The van der Waals surface area contributed by atoms with Gasteiger partial charge in [0.1, 0.15) is 0 Å². The summed E-state index contributed by atoms with van der Waals surface area (Å²) in [6.07, 6.45) is 6.45.